The third-order valence-electron chi connectivity index (χ3n) is 2.69. The number of esters is 1. The van der Waals surface area contributed by atoms with Gasteiger partial charge in [-0.05, 0) is 59.8 Å². The van der Waals surface area contributed by atoms with Gasteiger partial charge in [-0.1, -0.05) is 18.2 Å². The van der Waals surface area contributed by atoms with Crippen LogP contribution in [-0.4, -0.2) is 5.97 Å². The Hall–Kier alpha value is -1.43. The number of benzene rings is 2. The molecule has 0 saturated heterocycles. The smallest absolute Gasteiger partial charge is 0.338 e. The normalized spacial score (nSPS) is 11.9. The van der Waals surface area contributed by atoms with Crippen molar-refractivity contribution in [3.63, 3.8) is 0 Å². The first kappa shape index (κ1) is 14.0. The number of rotatable bonds is 3. The molecule has 98 valence electrons. The standard InChI is InChI=1S/C15H12FIO2/c1-10(13-9-12(16)7-8-14(13)17)19-15(18)11-5-3-2-4-6-11/h2-10H,1H3/t10-/m1/s1. The average molecular weight is 370 g/mol. The van der Waals surface area contributed by atoms with Crippen molar-refractivity contribution in [1.82, 2.24) is 0 Å². The lowest BCUT2D eigenvalue weighted by molar-refractivity contribution is 0.0335. The van der Waals surface area contributed by atoms with Crippen LogP contribution in [0, 0.1) is 9.39 Å². The van der Waals surface area contributed by atoms with E-state index in [4.69, 9.17) is 4.74 Å². The van der Waals surface area contributed by atoms with Gasteiger partial charge in [-0.3, -0.25) is 0 Å². The van der Waals surface area contributed by atoms with E-state index in [0.29, 0.717) is 11.1 Å². The van der Waals surface area contributed by atoms with Crippen LogP contribution in [0.25, 0.3) is 0 Å². The van der Waals surface area contributed by atoms with Crippen LogP contribution in [0.4, 0.5) is 4.39 Å². The van der Waals surface area contributed by atoms with E-state index in [0.717, 1.165) is 3.57 Å². The van der Waals surface area contributed by atoms with Gasteiger partial charge in [0.1, 0.15) is 11.9 Å². The fraction of sp³-hybridized carbons (Fsp3) is 0.133. The maximum atomic E-state index is 13.2. The molecule has 0 amide bonds. The average Bonchev–Trinajstić information content (AvgIpc) is 2.42. The Morgan fingerprint density at radius 1 is 1.21 bits per heavy atom. The molecule has 0 spiro atoms. The molecular weight excluding hydrogens is 358 g/mol. The molecule has 0 unspecified atom stereocenters. The van der Waals surface area contributed by atoms with Gasteiger partial charge in [-0.15, -0.1) is 0 Å². The lowest BCUT2D eigenvalue weighted by atomic mass is 10.1. The number of hydrogen-bond donors (Lipinski definition) is 0. The fourth-order valence-electron chi connectivity index (χ4n) is 1.69. The second kappa shape index (κ2) is 6.14. The number of ether oxygens (including phenoxy) is 1. The molecule has 2 aromatic carbocycles. The van der Waals surface area contributed by atoms with Gasteiger partial charge in [0, 0.05) is 9.13 Å². The minimum Gasteiger partial charge on any atom is -0.454 e. The van der Waals surface area contributed by atoms with E-state index in [-0.39, 0.29) is 5.82 Å². The molecule has 0 bridgehead atoms. The van der Waals surface area contributed by atoms with Gasteiger partial charge in [0.2, 0.25) is 0 Å². The number of carbonyl (C=O) groups excluding carboxylic acids is 1. The van der Waals surface area contributed by atoms with E-state index < -0.39 is 12.1 Å². The molecular formula is C15H12FIO2. The summed E-state index contributed by atoms with van der Waals surface area (Å²) in [5, 5.41) is 0. The summed E-state index contributed by atoms with van der Waals surface area (Å²) in [7, 11) is 0. The van der Waals surface area contributed by atoms with Crippen LogP contribution < -0.4 is 0 Å². The summed E-state index contributed by atoms with van der Waals surface area (Å²) in [5.74, 6) is -0.744. The largest absolute Gasteiger partial charge is 0.454 e. The predicted octanol–water partition coefficient (Wildman–Crippen LogP) is 4.35. The lowest BCUT2D eigenvalue weighted by Gasteiger charge is -2.15. The summed E-state index contributed by atoms with van der Waals surface area (Å²) < 4.78 is 19.4. The predicted molar refractivity (Wildman–Crippen MR) is 79.4 cm³/mol. The van der Waals surface area contributed by atoms with Gasteiger partial charge < -0.3 is 4.74 Å². The number of hydrogen-bond acceptors (Lipinski definition) is 2. The van der Waals surface area contributed by atoms with E-state index in [9.17, 15) is 9.18 Å². The van der Waals surface area contributed by atoms with Crippen LogP contribution in [0.5, 0.6) is 0 Å². The van der Waals surface area contributed by atoms with E-state index in [2.05, 4.69) is 22.6 Å². The highest BCUT2D eigenvalue weighted by Gasteiger charge is 2.16. The van der Waals surface area contributed by atoms with Gasteiger partial charge in [0.15, 0.2) is 0 Å². The molecule has 0 N–H and O–H groups in total. The Balaban J connectivity index is 2.15. The third-order valence-corrected chi connectivity index (χ3v) is 3.67. The molecule has 2 nitrogen and oxygen atoms in total. The summed E-state index contributed by atoms with van der Waals surface area (Å²) in [5.41, 5.74) is 1.16. The van der Waals surface area contributed by atoms with Gasteiger partial charge in [0.25, 0.3) is 0 Å². The zero-order chi connectivity index (χ0) is 13.8. The van der Waals surface area contributed by atoms with E-state index in [1.807, 2.05) is 6.07 Å². The molecule has 0 heterocycles. The van der Waals surface area contributed by atoms with Gasteiger partial charge in [0.05, 0.1) is 5.56 Å². The van der Waals surface area contributed by atoms with Crippen LogP contribution in [0.15, 0.2) is 48.5 Å². The molecule has 0 fully saturated rings. The van der Waals surface area contributed by atoms with Crippen molar-refractivity contribution in [2.45, 2.75) is 13.0 Å². The molecule has 0 aromatic heterocycles. The second-order valence-electron chi connectivity index (χ2n) is 4.08. The molecule has 2 rings (SSSR count). The van der Waals surface area contributed by atoms with Crippen molar-refractivity contribution >= 4 is 28.6 Å². The minimum absolute atomic E-state index is 0.335. The van der Waals surface area contributed by atoms with Crippen molar-refractivity contribution in [1.29, 1.82) is 0 Å². The quantitative estimate of drug-likeness (QED) is 0.593. The first-order chi connectivity index (χ1) is 9.08. The molecule has 0 aliphatic heterocycles. The van der Waals surface area contributed by atoms with Crippen molar-refractivity contribution in [2.75, 3.05) is 0 Å². The van der Waals surface area contributed by atoms with Gasteiger partial charge in [-0.2, -0.15) is 0 Å². The lowest BCUT2D eigenvalue weighted by Crippen LogP contribution is -2.10. The third kappa shape index (κ3) is 3.53. The molecule has 0 saturated carbocycles. The zero-order valence-electron chi connectivity index (χ0n) is 10.3. The van der Waals surface area contributed by atoms with Crippen LogP contribution in [-0.2, 0) is 4.74 Å². The molecule has 19 heavy (non-hydrogen) atoms. The van der Waals surface area contributed by atoms with Crippen LogP contribution in [0.3, 0.4) is 0 Å². The summed E-state index contributed by atoms with van der Waals surface area (Å²) in [6.45, 7) is 1.73. The molecule has 1 atom stereocenters. The number of carbonyl (C=O) groups is 1. The zero-order valence-corrected chi connectivity index (χ0v) is 12.4. The maximum absolute atomic E-state index is 13.2. The molecule has 0 radical (unpaired) electrons. The van der Waals surface area contributed by atoms with Crippen molar-refractivity contribution in [2.24, 2.45) is 0 Å². The Kier molecular flexibility index (Phi) is 4.52. The van der Waals surface area contributed by atoms with Gasteiger partial charge >= 0.3 is 5.97 Å². The van der Waals surface area contributed by atoms with Crippen molar-refractivity contribution in [3.8, 4) is 0 Å². The molecule has 0 aliphatic rings. The highest BCUT2D eigenvalue weighted by Crippen LogP contribution is 2.24. The number of halogens is 2. The molecule has 4 heteroatoms. The summed E-state index contributed by atoms with van der Waals surface area (Å²) >= 11 is 2.10. The first-order valence-corrected chi connectivity index (χ1v) is 6.87. The monoisotopic (exact) mass is 370 g/mol. The van der Waals surface area contributed by atoms with Crippen LogP contribution >= 0.6 is 22.6 Å². The Morgan fingerprint density at radius 2 is 1.89 bits per heavy atom. The molecule has 0 aliphatic carbocycles. The van der Waals surface area contributed by atoms with E-state index >= 15 is 0 Å². The summed E-state index contributed by atoms with van der Waals surface area (Å²) in [6.07, 6.45) is -0.490. The van der Waals surface area contributed by atoms with Crippen molar-refractivity contribution in [3.05, 3.63) is 69.0 Å². The first-order valence-electron chi connectivity index (χ1n) is 5.79. The minimum atomic E-state index is -0.490. The maximum Gasteiger partial charge on any atom is 0.338 e. The summed E-state index contributed by atoms with van der Waals surface area (Å²) in [6, 6.07) is 13.2. The topological polar surface area (TPSA) is 26.3 Å². The van der Waals surface area contributed by atoms with Gasteiger partial charge in [-0.25, -0.2) is 9.18 Å². The van der Waals surface area contributed by atoms with E-state index in [1.54, 1.807) is 37.3 Å². The SMILES string of the molecule is C[C@@H](OC(=O)c1ccccc1)c1cc(F)ccc1I. The van der Waals surface area contributed by atoms with Crippen molar-refractivity contribution < 1.29 is 13.9 Å². The molecule has 2 aromatic rings. The Labute approximate surface area is 124 Å². The Bertz CT molecular complexity index is 584. The summed E-state index contributed by atoms with van der Waals surface area (Å²) in [4.78, 5) is 11.9. The van der Waals surface area contributed by atoms with Crippen LogP contribution in [0.2, 0.25) is 0 Å². The van der Waals surface area contributed by atoms with E-state index in [1.165, 1.54) is 12.1 Å². The second-order valence-corrected chi connectivity index (χ2v) is 5.24. The highest BCUT2D eigenvalue weighted by atomic mass is 127. The van der Waals surface area contributed by atoms with Crippen LogP contribution in [0.1, 0.15) is 28.9 Å². The Morgan fingerprint density at radius 3 is 2.58 bits per heavy atom. The fourth-order valence-corrected chi connectivity index (χ4v) is 2.47. The highest BCUT2D eigenvalue weighted by molar-refractivity contribution is 14.1.